The molecule has 2 heterocycles. The summed E-state index contributed by atoms with van der Waals surface area (Å²) in [7, 11) is 1.65. The van der Waals surface area contributed by atoms with Gasteiger partial charge in [0.25, 0.3) is 0 Å². The summed E-state index contributed by atoms with van der Waals surface area (Å²) in [6.45, 7) is 2.03. The number of methoxy groups -OCH3 is 1. The highest BCUT2D eigenvalue weighted by Crippen LogP contribution is 2.28. The van der Waals surface area contributed by atoms with Crippen LogP contribution in [-0.2, 0) is 6.42 Å². The van der Waals surface area contributed by atoms with Crippen molar-refractivity contribution in [2.24, 2.45) is 0 Å². The molecule has 1 N–H and O–H groups in total. The predicted molar refractivity (Wildman–Crippen MR) is 87.8 cm³/mol. The molecule has 0 aliphatic carbocycles. The molecular weight excluding hydrogens is 290 g/mol. The molecule has 0 unspecified atom stereocenters. The largest absolute Gasteiger partial charge is 0.497 e. The molecule has 5 nitrogen and oxygen atoms in total. The molecule has 5 heteroatoms. The van der Waals surface area contributed by atoms with Crippen LogP contribution in [0.2, 0.25) is 0 Å². The molecule has 0 radical (unpaired) electrons. The van der Waals surface area contributed by atoms with Gasteiger partial charge in [-0.15, -0.1) is 0 Å². The zero-order valence-corrected chi connectivity index (χ0v) is 13.0. The summed E-state index contributed by atoms with van der Waals surface area (Å²) < 4.78 is 6.86. The van der Waals surface area contributed by atoms with Crippen LogP contribution in [0.5, 0.6) is 5.75 Å². The number of nitrogens with zero attached hydrogens (tertiary/aromatic N) is 2. The van der Waals surface area contributed by atoms with Crippen LogP contribution >= 0.6 is 0 Å². The molecule has 1 aromatic heterocycles. The maximum atomic E-state index is 12.3. The number of nitrogens with one attached hydrogen (secondary N) is 1. The minimum atomic E-state index is -0.108. The molecule has 116 valence electrons. The SMILES string of the molecule is COc1ccc(C[C@H]2NC(=O)n3c2nc2cc(C)ccc23)cc1. The topological polar surface area (TPSA) is 56.1 Å². The van der Waals surface area contributed by atoms with Crippen molar-refractivity contribution in [3.05, 3.63) is 59.4 Å². The van der Waals surface area contributed by atoms with Gasteiger partial charge in [-0.25, -0.2) is 14.3 Å². The van der Waals surface area contributed by atoms with Crippen molar-refractivity contribution in [1.82, 2.24) is 14.9 Å². The Morgan fingerprint density at radius 1 is 1.22 bits per heavy atom. The van der Waals surface area contributed by atoms with E-state index in [0.717, 1.165) is 33.7 Å². The number of imidazole rings is 1. The zero-order valence-electron chi connectivity index (χ0n) is 13.0. The molecule has 1 aliphatic rings. The minimum Gasteiger partial charge on any atom is -0.497 e. The first-order valence-electron chi connectivity index (χ1n) is 7.58. The summed E-state index contributed by atoms with van der Waals surface area (Å²) in [6, 6.07) is 13.6. The second kappa shape index (κ2) is 5.12. The quantitative estimate of drug-likeness (QED) is 0.808. The number of ether oxygens (including phenoxy) is 1. The van der Waals surface area contributed by atoms with Crippen molar-refractivity contribution >= 4 is 17.1 Å². The van der Waals surface area contributed by atoms with Crippen LogP contribution in [0.25, 0.3) is 11.0 Å². The molecule has 0 saturated carbocycles. The fourth-order valence-electron chi connectivity index (χ4n) is 3.07. The van der Waals surface area contributed by atoms with Crippen LogP contribution in [0.1, 0.15) is 23.0 Å². The van der Waals surface area contributed by atoms with E-state index in [1.165, 1.54) is 0 Å². The van der Waals surface area contributed by atoms with E-state index in [9.17, 15) is 4.79 Å². The van der Waals surface area contributed by atoms with Gasteiger partial charge < -0.3 is 10.1 Å². The molecule has 1 amide bonds. The van der Waals surface area contributed by atoms with Crippen LogP contribution < -0.4 is 10.1 Å². The number of fused-ring (bicyclic) bond motifs is 3. The van der Waals surface area contributed by atoms with Crippen molar-refractivity contribution in [1.29, 1.82) is 0 Å². The Morgan fingerprint density at radius 3 is 2.74 bits per heavy atom. The van der Waals surface area contributed by atoms with E-state index in [1.54, 1.807) is 11.7 Å². The van der Waals surface area contributed by atoms with Gasteiger partial charge in [0.15, 0.2) is 0 Å². The average molecular weight is 307 g/mol. The number of benzene rings is 2. The summed E-state index contributed by atoms with van der Waals surface area (Å²) in [5, 5.41) is 3.01. The number of hydrogen-bond acceptors (Lipinski definition) is 3. The van der Waals surface area contributed by atoms with Gasteiger partial charge in [0.1, 0.15) is 11.6 Å². The number of rotatable bonds is 3. The zero-order chi connectivity index (χ0) is 16.0. The molecule has 4 rings (SSSR count). The van der Waals surface area contributed by atoms with Crippen LogP contribution in [0.3, 0.4) is 0 Å². The van der Waals surface area contributed by atoms with E-state index >= 15 is 0 Å². The van der Waals surface area contributed by atoms with Crippen LogP contribution in [0.15, 0.2) is 42.5 Å². The second-order valence-corrected chi connectivity index (χ2v) is 5.85. The van der Waals surface area contributed by atoms with Gasteiger partial charge in [-0.05, 0) is 48.7 Å². The number of carbonyl (C=O) groups is 1. The average Bonchev–Trinajstić information content (AvgIpc) is 3.06. The Bertz CT molecular complexity index is 897. The summed E-state index contributed by atoms with van der Waals surface area (Å²) in [5.74, 6) is 1.61. The summed E-state index contributed by atoms with van der Waals surface area (Å²) >= 11 is 0. The Morgan fingerprint density at radius 2 is 2.00 bits per heavy atom. The molecule has 2 aromatic carbocycles. The van der Waals surface area contributed by atoms with E-state index < -0.39 is 0 Å². The lowest BCUT2D eigenvalue weighted by molar-refractivity contribution is 0.245. The molecule has 0 fully saturated rings. The van der Waals surface area contributed by atoms with Gasteiger partial charge in [-0.1, -0.05) is 18.2 Å². The maximum absolute atomic E-state index is 12.3. The van der Waals surface area contributed by atoms with Crippen LogP contribution in [0.4, 0.5) is 4.79 Å². The summed E-state index contributed by atoms with van der Waals surface area (Å²) in [6.07, 6.45) is 0.706. The Labute approximate surface area is 133 Å². The molecular formula is C18H17N3O2. The third-order valence-electron chi connectivity index (χ3n) is 4.25. The Hall–Kier alpha value is -2.82. The summed E-state index contributed by atoms with van der Waals surface area (Å²) in [5.41, 5.74) is 4.00. The van der Waals surface area contributed by atoms with Gasteiger partial charge in [0.05, 0.1) is 24.2 Å². The first-order chi connectivity index (χ1) is 11.2. The number of aromatic nitrogens is 2. The van der Waals surface area contributed by atoms with Gasteiger partial charge in [0, 0.05) is 0 Å². The van der Waals surface area contributed by atoms with E-state index in [2.05, 4.69) is 10.3 Å². The lowest BCUT2D eigenvalue weighted by Gasteiger charge is -2.09. The second-order valence-electron chi connectivity index (χ2n) is 5.85. The Balaban J connectivity index is 1.70. The molecule has 0 spiro atoms. The van der Waals surface area contributed by atoms with E-state index in [4.69, 9.17) is 4.74 Å². The highest BCUT2D eigenvalue weighted by Gasteiger charge is 2.32. The third kappa shape index (κ3) is 2.25. The molecule has 0 saturated heterocycles. The number of aryl methyl sites for hydroxylation is 1. The van der Waals surface area contributed by atoms with Crippen molar-refractivity contribution in [3.8, 4) is 5.75 Å². The molecule has 1 aliphatic heterocycles. The lowest BCUT2D eigenvalue weighted by atomic mass is 10.1. The molecule has 0 bridgehead atoms. The fraction of sp³-hybridized carbons (Fsp3) is 0.222. The van der Waals surface area contributed by atoms with E-state index in [-0.39, 0.29) is 12.1 Å². The number of hydrogen-bond donors (Lipinski definition) is 1. The van der Waals surface area contributed by atoms with E-state index in [0.29, 0.717) is 6.42 Å². The summed E-state index contributed by atoms with van der Waals surface area (Å²) in [4.78, 5) is 17.0. The first kappa shape index (κ1) is 13.8. The van der Waals surface area contributed by atoms with Crippen LogP contribution in [-0.4, -0.2) is 22.7 Å². The van der Waals surface area contributed by atoms with Gasteiger partial charge >= 0.3 is 6.03 Å². The van der Waals surface area contributed by atoms with Gasteiger partial charge in [-0.2, -0.15) is 0 Å². The van der Waals surface area contributed by atoms with Crippen molar-refractivity contribution in [2.75, 3.05) is 7.11 Å². The van der Waals surface area contributed by atoms with Crippen molar-refractivity contribution in [3.63, 3.8) is 0 Å². The number of carbonyl (C=O) groups excluding carboxylic acids is 1. The minimum absolute atomic E-state index is 0.107. The van der Waals surface area contributed by atoms with Gasteiger partial charge in [0.2, 0.25) is 0 Å². The molecule has 1 atom stereocenters. The van der Waals surface area contributed by atoms with Crippen molar-refractivity contribution in [2.45, 2.75) is 19.4 Å². The van der Waals surface area contributed by atoms with Gasteiger partial charge in [-0.3, -0.25) is 0 Å². The highest BCUT2D eigenvalue weighted by atomic mass is 16.5. The standard InChI is InChI=1S/C18H17N3O2/c1-11-3-8-16-14(9-11)19-17-15(20-18(22)21(16)17)10-12-4-6-13(23-2)7-5-12/h3-9,15H,10H2,1-2H3,(H,20,22)/t15-/m1/s1. The highest BCUT2D eigenvalue weighted by molar-refractivity contribution is 5.92. The molecule has 23 heavy (non-hydrogen) atoms. The predicted octanol–water partition coefficient (Wildman–Crippen LogP) is 3.21. The smallest absolute Gasteiger partial charge is 0.328 e. The number of amides is 1. The maximum Gasteiger partial charge on any atom is 0.328 e. The first-order valence-corrected chi connectivity index (χ1v) is 7.58. The monoisotopic (exact) mass is 307 g/mol. The Kier molecular flexibility index (Phi) is 3.08. The van der Waals surface area contributed by atoms with Crippen molar-refractivity contribution < 1.29 is 9.53 Å². The third-order valence-corrected chi connectivity index (χ3v) is 4.25. The lowest BCUT2D eigenvalue weighted by Crippen LogP contribution is -2.22. The van der Waals surface area contributed by atoms with Crippen LogP contribution in [0, 0.1) is 6.92 Å². The van der Waals surface area contributed by atoms with E-state index in [1.807, 2.05) is 49.4 Å². The fourth-order valence-corrected chi connectivity index (χ4v) is 3.07. The normalized spacial score (nSPS) is 16.4. The molecule has 3 aromatic rings.